The van der Waals surface area contributed by atoms with Crippen LogP contribution >= 0.6 is 11.6 Å². The van der Waals surface area contributed by atoms with Crippen LogP contribution in [0.15, 0.2) is 18.2 Å². The summed E-state index contributed by atoms with van der Waals surface area (Å²) in [6.07, 6.45) is 1.33. The molecule has 1 aromatic rings. The molecule has 0 spiro atoms. The Labute approximate surface area is 176 Å². The van der Waals surface area contributed by atoms with E-state index in [0.717, 1.165) is 0 Å². The number of hydrogen-bond donors (Lipinski definition) is 2. The number of halogens is 1. The molecule has 1 aliphatic rings. The number of ether oxygens (including phenoxy) is 2. The van der Waals surface area contributed by atoms with Gasteiger partial charge in [0, 0.05) is 11.4 Å². The average molecular weight is 425 g/mol. The van der Waals surface area contributed by atoms with Gasteiger partial charge in [-0.05, 0) is 71.6 Å². The highest BCUT2D eigenvalue weighted by Gasteiger charge is 2.38. The summed E-state index contributed by atoms with van der Waals surface area (Å²) >= 11 is 5.97. The van der Waals surface area contributed by atoms with Gasteiger partial charge in [-0.2, -0.15) is 0 Å². The van der Waals surface area contributed by atoms with Gasteiger partial charge in [-0.15, -0.1) is 0 Å². The first-order chi connectivity index (χ1) is 13.4. The molecule has 1 fully saturated rings. The molecule has 8 heteroatoms. The smallest absolute Gasteiger partial charge is 0.309 e. The number of benzene rings is 1. The third-order valence-corrected chi connectivity index (χ3v) is 4.55. The van der Waals surface area contributed by atoms with Crippen LogP contribution in [0.3, 0.4) is 0 Å². The second-order valence-corrected chi connectivity index (χ2v) is 9.02. The molecule has 0 saturated heterocycles. The van der Waals surface area contributed by atoms with Gasteiger partial charge in [0.2, 0.25) is 5.91 Å². The van der Waals surface area contributed by atoms with Gasteiger partial charge in [-0.3, -0.25) is 25.2 Å². The summed E-state index contributed by atoms with van der Waals surface area (Å²) in [7, 11) is 0. The van der Waals surface area contributed by atoms with E-state index in [-0.39, 0.29) is 41.8 Å². The fraction of sp³-hybridized carbons (Fsp3) is 0.571. The van der Waals surface area contributed by atoms with E-state index in [1.165, 1.54) is 6.07 Å². The monoisotopic (exact) mass is 424 g/mol. The first-order valence-corrected chi connectivity index (χ1v) is 10.1. The van der Waals surface area contributed by atoms with Gasteiger partial charge in [0.25, 0.3) is 5.91 Å². The molecule has 0 unspecified atom stereocenters. The van der Waals surface area contributed by atoms with Crippen LogP contribution in [-0.2, 0) is 14.3 Å². The molecule has 0 aromatic heterocycles. The van der Waals surface area contributed by atoms with Crippen molar-refractivity contribution in [2.75, 3.05) is 0 Å². The molecule has 2 amide bonds. The predicted octanol–water partition coefficient (Wildman–Crippen LogP) is 3.65. The molecule has 1 aliphatic carbocycles. The summed E-state index contributed by atoms with van der Waals surface area (Å²) in [6.45, 7) is 9.18. The van der Waals surface area contributed by atoms with Gasteiger partial charge in [-0.1, -0.05) is 11.6 Å². The van der Waals surface area contributed by atoms with Crippen molar-refractivity contribution in [2.45, 2.75) is 65.6 Å². The normalized spacial score (nSPS) is 18.6. The van der Waals surface area contributed by atoms with Gasteiger partial charge in [0.05, 0.1) is 17.6 Å². The summed E-state index contributed by atoms with van der Waals surface area (Å²) in [5.41, 5.74) is 4.52. The zero-order chi connectivity index (χ0) is 21.8. The molecule has 0 aliphatic heterocycles. The van der Waals surface area contributed by atoms with E-state index in [1.807, 2.05) is 34.6 Å². The number of carbonyl (C=O) groups is 3. The van der Waals surface area contributed by atoms with Crippen molar-refractivity contribution in [3.8, 4) is 5.75 Å². The molecule has 7 nitrogen and oxygen atoms in total. The van der Waals surface area contributed by atoms with Crippen molar-refractivity contribution in [3.05, 3.63) is 28.8 Å². The second kappa shape index (κ2) is 9.48. The summed E-state index contributed by atoms with van der Waals surface area (Å²) < 4.78 is 11.0. The number of carbonyl (C=O) groups excluding carboxylic acids is 3. The lowest BCUT2D eigenvalue weighted by atomic mass is 9.73. The molecule has 160 valence electrons. The maximum absolute atomic E-state index is 12.4. The molecule has 2 rings (SSSR count). The molecule has 1 aromatic carbocycles. The Hall–Kier alpha value is -2.28. The quantitative estimate of drug-likeness (QED) is 0.537. The third kappa shape index (κ3) is 7.24. The minimum atomic E-state index is -0.517. The lowest BCUT2D eigenvalue weighted by molar-refractivity contribution is -0.165. The van der Waals surface area contributed by atoms with Gasteiger partial charge in [0.15, 0.2) is 0 Å². The summed E-state index contributed by atoms with van der Waals surface area (Å²) in [5.74, 6) is -0.744. The van der Waals surface area contributed by atoms with E-state index in [0.29, 0.717) is 23.6 Å². The van der Waals surface area contributed by atoms with E-state index >= 15 is 0 Å². The highest BCUT2D eigenvalue weighted by molar-refractivity contribution is 6.31. The zero-order valence-corrected chi connectivity index (χ0v) is 18.3. The number of hydrogen-bond acceptors (Lipinski definition) is 5. The average Bonchev–Trinajstić information content (AvgIpc) is 2.55. The zero-order valence-electron chi connectivity index (χ0n) is 17.5. The number of esters is 1. The number of nitrogens with one attached hydrogen (secondary N) is 2. The van der Waals surface area contributed by atoms with Crippen LogP contribution in [0.5, 0.6) is 5.75 Å². The highest BCUT2D eigenvalue weighted by atomic mass is 35.5. The Morgan fingerprint density at radius 3 is 2.41 bits per heavy atom. The Bertz CT molecular complexity index is 767. The van der Waals surface area contributed by atoms with E-state index in [9.17, 15) is 14.4 Å². The van der Waals surface area contributed by atoms with Gasteiger partial charge in [-0.25, -0.2) is 0 Å². The minimum absolute atomic E-state index is 0.0930. The van der Waals surface area contributed by atoms with Crippen LogP contribution in [0, 0.1) is 11.8 Å². The second-order valence-electron chi connectivity index (χ2n) is 8.58. The largest absolute Gasteiger partial charge is 0.490 e. The topological polar surface area (TPSA) is 93.7 Å². The van der Waals surface area contributed by atoms with Crippen molar-refractivity contribution < 1.29 is 23.9 Å². The van der Waals surface area contributed by atoms with E-state index < -0.39 is 11.5 Å². The first-order valence-electron chi connectivity index (χ1n) is 9.73. The Balaban J connectivity index is 1.80. The summed E-state index contributed by atoms with van der Waals surface area (Å²) in [5, 5.41) is 0.389. The van der Waals surface area contributed by atoms with Crippen LogP contribution in [0.4, 0.5) is 0 Å². The van der Waals surface area contributed by atoms with Gasteiger partial charge < -0.3 is 9.47 Å². The molecule has 0 atom stereocenters. The molecular weight excluding hydrogens is 396 g/mol. The molecule has 1 saturated carbocycles. The lowest BCUT2D eigenvalue weighted by Crippen LogP contribution is -2.44. The number of hydrazine groups is 1. The van der Waals surface area contributed by atoms with Crippen LogP contribution in [0.1, 0.15) is 64.2 Å². The van der Waals surface area contributed by atoms with Crippen LogP contribution < -0.4 is 15.6 Å². The fourth-order valence-corrected chi connectivity index (χ4v) is 3.20. The van der Waals surface area contributed by atoms with Crippen LogP contribution in [0.2, 0.25) is 5.02 Å². The predicted molar refractivity (Wildman–Crippen MR) is 110 cm³/mol. The standard InChI is InChI=1S/C21H29ClN2O5/c1-12(2)28-17-7-6-15(22)11-16(17)19(26)24-23-18(25)10-13-8-14(9-13)20(27)29-21(3,4)5/h6-7,11-14H,8-10H2,1-5H3,(H,23,25)(H,24,26). The van der Waals surface area contributed by atoms with Crippen molar-refractivity contribution in [3.63, 3.8) is 0 Å². The summed E-state index contributed by atoms with van der Waals surface area (Å²) in [4.78, 5) is 36.5. The molecular formula is C21H29ClN2O5. The molecule has 0 heterocycles. The Kier molecular flexibility index (Phi) is 7.52. The number of amides is 2. The van der Waals surface area contributed by atoms with Gasteiger partial charge in [0.1, 0.15) is 11.4 Å². The van der Waals surface area contributed by atoms with E-state index in [4.69, 9.17) is 21.1 Å². The van der Waals surface area contributed by atoms with Crippen molar-refractivity contribution >= 4 is 29.4 Å². The lowest BCUT2D eigenvalue weighted by Gasteiger charge is -2.35. The van der Waals surface area contributed by atoms with Crippen molar-refractivity contribution in [1.29, 1.82) is 0 Å². The van der Waals surface area contributed by atoms with Crippen LogP contribution in [-0.4, -0.2) is 29.5 Å². The van der Waals surface area contributed by atoms with Gasteiger partial charge >= 0.3 is 5.97 Å². The van der Waals surface area contributed by atoms with E-state index in [2.05, 4.69) is 10.9 Å². The van der Waals surface area contributed by atoms with Crippen molar-refractivity contribution in [1.82, 2.24) is 10.9 Å². The maximum atomic E-state index is 12.4. The number of rotatable bonds is 6. The summed E-state index contributed by atoms with van der Waals surface area (Å²) in [6, 6.07) is 4.73. The molecule has 2 N–H and O–H groups in total. The maximum Gasteiger partial charge on any atom is 0.309 e. The molecule has 0 radical (unpaired) electrons. The Morgan fingerprint density at radius 1 is 1.17 bits per heavy atom. The molecule has 0 bridgehead atoms. The highest BCUT2D eigenvalue weighted by Crippen LogP contribution is 2.37. The molecule has 29 heavy (non-hydrogen) atoms. The third-order valence-electron chi connectivity index (χ3n) is 4.31. The first kappa shape index (κ1) is 23.0. The SMILES string of the molecule is CC(C)Oc1ccc(Cl)cc1C(=O)NNC(=O)CC1CC(C(=O)OC(C)(C)C)C1. The minimum Gasteiger partial charge on any atom is -0.490 e. The van der Waals surface area contributed by atoms with Crippen LogP contribution in [0.25, 0.3) is 0 Å². The van der Waals surface area contributed by atoms with Crippen molar-refractivity contribution in [2.24, 2.45) is 11.8 Å². The Morgan fingerprint density at radius 2 is 1.83 bits per heavy atom. The van der Waals surface area contributed by atoms with E-state index in [1.54, 1.807) is 12.1 Å². The fourth-order valence-electron chi connectivity index (χ4n) is 3.02.